The SMILES string of the molecule is CSc1ccc(OC(C)C(=O)NCC(N)C2CC2)cc1. The minimum atomic E-state index is -0.512. The van der Waals surface area contributed by atoms with Crippen molar-refractivity contribution in [1.82, 2.24) is 5.32 Å². The summed E-state index contributed by atoms with van der Waals surface area (Å²) in [6.07, 6.45) is 3.88. The van der Waals surface area contributed by atoms with Crippen molar-refractivity contribution < 1.29 is 9.53 Å². The van der Waals surface area contributed by atoms with E-state index >= 15 is 0 Å². The fourth-order valence-electron chi connectivity index (χ4n) is 1.97. The van der Waals surface area contributed by atoms with Gasteiger partial charge < -0.3 is 15.8 Å². The van der Waals surface area contributed by atoms with Crippen LogP contribution in [-0.4, -0.2) is 30.9 Å². The Kier molecular flexibility index (Phi) is 5.31. The molecule has 4 nitrogen and oxygen atoms in total. The van der Waals surface area contributed by atoms with Crippen LogP contribution in [0.4, 0.5) is 0 Å². The van der Waals surface area contributed by atoms with Gasteiger partial charge in [-0.25, -0.2) is 0 Å². The third-order valence-electron chi connectivity index (χ3n) is 3.48. The molecule has 2 rings (SSSR count). The lowest BCUT2D eigenvalue weighted by Gasteiger charge is -2.17. The Bertz CT molecular complexity index is 446. The highest BCUT2D eigenvalue weighted by molar-refractivity contribution is 7.98. The highest BCUT2D eigenvalue weighted by atomic mass is 32.2. The van der Waals surface area contributed by atoms with E-state index < -0.39 is 6.10 Å². The second-order valence-corrected chi connectivity index (χ2v) is 6.06. The normalized spacial score (nSPS) is 17.4. The van der Waals surface area contributed by atoms with E-state index in [4.69, 9.17) is 10.5 Å². The van der Waals surface area contributed by atoms with Crippen LogP contribution in [0, 0.1) is 5.92 Å². The summed E-state index contributed by atoms with van der Waals surface area (Å²) in [5.41, 5.74) is 5.95. The lowest BCUT2D eigenvalue weighted by molar-refractivity contribution is -0.127. The maximum Gasteiger partial charge on any atom is 0.260 e. The molecule has 1 aliphatic rings. The zero-order chi connectivity index (χ0) is 14.5. The molecule has 20 heavy (non-hydrogen) atoms. The first-order chi connectivity index (χ1) is 9.60. The van der Waals surface area contributed by atoms with Crippen LogP contribution in [0.3, 0.4) is 0 Å². The number of carbonyl (C=O) groups is 1. The summed E-state index contributed by atoms with van der Waals surface area (Å²) in [5.74, 6) is 1.18. The highest BCUT2D eigenvalue weighted by Gasteiger charge is 2.28. The minimum Gasteiger partial charge on any atom is -0.481 e. The quantitative estimate of drug-likeness (QED) is 0.755. The van der Waals surface area contributed by atoms with Crippen molar-refractivity contribution in [2.45, 2.75) is 36.8 Å². The molecule has 1 saturated carbocycles. The number of ether oxygens (including phenoxy) is 1. The van der Waals surface area contributed by atoms with Crippen molar-refractivity contribution in [3.63, 3.8) is 0 Å². The van der Waals surface area contributed by atoms with Crippen LogP contribution >= 0.6 is 11.8 Å². The molecule has 0 aliphatic heterocycles. The first kappa shape index (κ1) is 15.2. The van der Waals surface area contributed by atoms with E-state index in [1.807, 2.05) is 30.5 Å². The first-order valence-electron chi connectivity index (χ1n) is 6.94. The molecule has 5 heteroatoms. The van der Waals surface area contributed by atoms with Gasteiger partial charge in [-0.1, -0.05) is 0 Å². The van der Waals surface area contributed by atoms with Crippen molar-refractivity contribution in [2.24, 2.45) is 11.7 Å². The molecular formula is C15H22N2O2S. The zero-order valence-electron chi connectivity index (χ0n) is 12.0. The van der Waals surface area contributed by atoms with Crippen LogP contribution in [0.2, 0.25) is 0 Å². The molecule has 0 heterocycles. The van der Waals surface area contributed by atoms with Gasteiger partial charge in [-0.15, -0.1) is 11.8 Å². The summed E-state index contributed by atoms with van der Waals surface area (Å²) in [7, 11) is 0. The summed E-state index contributed by atoms with van der Waals surface area (Å²) >= 11 is 1.67. The predicted molar refractivity (Wildman–Crippen MR) is 82.0 cm³/mol. The van der Waals surface area contributed by atoms with Crippen molar-refractivity contribution in [3.8, 4) is 5.75 Å². The molecule has 1 aromatic carbocycles. The van der Waals surface area contributed by atoms with Gasteiger partial charge in [-0.05, 0) is 56.2 Å². The van der Waals surface area contributed by atoms with Crippen molar-refractivity contribution >= 4 is 17.7 Å². The molecule has 0 spiro atoms. The van der Waals surface area contributed by atoms with E-state index in [1.165, 1.54) is 17.7 Å². The van der Waals surface area contributed by atoms with Gasteiger partial charge in [0.25, 0.3) is 5.91 Å². The van der Waals surface area contributed by atoms with E-state index in [-0.39, 0.29) is 11.9 Å². The van der Waals surface area contributed by atoms with Crippen LogP contribution in [0.1, 0.15) is 19.8 Å². The molecule has 3 N–H and O–H groups in total. The molecule has 0 radical (unpaired) electrons. The number of nitrogens with two attached hydrogens (primary N) is 1. The standard InChI is InChI=1S/C15H22N2O2S/c1-10(15(18)17-9-14(16)11-3-4-11)19-12-5-7-13(20-2)8-6-12/h5-8,10-11,14H,3-4,9,16H2,1-2H3,(H,17,18). The average molecular weight is 294 g/mol. The Morgan fingerprint density at radius 3 is 2.65 bits per heavy atom. The number of hydrogen-bond donors (Lipinski definition) is 2. The number of hydrogen-bond acceptors (Lipinski definition) is 4. The molecule has 1 amide bonds. The summed E-state index contributed by atoms with van der Waals surface area (Å²) in [6, 6.07) is 7.80. The number of thioether (sulfide) groups is 1. The van der Waals surface area contributed by atoms with E-state index in [0.29, 0.717) is 18.2 Å². The molecule has 2 unspecified atom stereocenters. The van der Waals surface area contributed by atoms with Crippen LogP contribution < -0.4 is 15.8 Å². The summed E-state index contributed by atoms with van der Waals surface area (Å²) in [6.45, 7) is 2.28. The highest BCUT2D eigenvalue weighted by Crippen LogP contribution is 2.31. The average Bonchev–Trinajstić information content (AvgIpc) is 3.29. The molecule has 0 bridgehead atoms. The number of nitrogens with one attached hydrogen (secondary N) is 1. The lowest BCUT2D eigenvalue weighted by atomic mass is 10.2. The van der Waals surface area contributed by atoms with Crippen LogP contribution in [0.15, 0.2) is 29.2 Å². The summed E-state index contributed by atoms with van der Waals surface area (Å²) in [4.78, 5) is 13.1. The third kappa shape index (κ3) is 4.42. The van der Waals surface area contributed by atoms with E-state index in [1.54, 1.807) is 18.7 Å². The van der Waals surface area contributed by atoms with E-state index in [2.05, 4.69) is 5.32 Å². The monoisotopic (exact) mass is 294 g/mol. The Balaban J connectivity index is 1.77. The maximum atomic E-state index is 11.9. The minimum absolute atomic E-state index is 0.0759. The lowest BCUT2D eigenvalue weighted by Crippen LogP contribution is -2.43. The van der Waals surface area contributed by atoms with E-state index in [0.717, 1.165) is 0 Å². The van der Waals surface area contributed by atoms with Gasteiger partial charge in [-0.2, -0.15) is 0 Å². The fourth-order valence-corrected chi connectivity index (χ4v) is 2.37. The second-order valence-electron chi connectivity index (χ2n) is 5.18. The second kappa shape index (κ2) is 6.99. The zero-order valence-corrected chi connectivity index (χ0v) is 12.8. The van der Waals surface area contributed by atoms with Crippen LogP contribution in [0.5, 0.6) is 5.75 Å². The Hall–Kier alpha value is -1.20. The van der Waals surface area contributed by atoms with Gasteiger partial charge in [0.15, 0.2) is 6.10 Å². The molecule has 0 saturated heterocycles. The fraction of sp³-hybridized carbons (Fsp3) is 0.533. The molecule has 1 aromatic rings. The van der Waals surface area contributed by atoms with Crippen LogP contribution in [-0.2, 0) is 4.79 Å². The predicted octanol–water partition coefficient (Wildman–Crippen LogP) is 2.03. The maximum absolute atomic E-state index is 11.9. The van der Waals surface area contributed by atoms with Gasteiger partial charge in [-0.3, -0.25) is 4.79 Å². The number of benzene rings is 1. The Morgan fingerprint density at radius 1 is 1.45 bits per heavy atom. The topological polar surface area (TPSA) is 64.3 Å². The number of carbonyl (C=O) groups excluding carboxylic acids is 1. The molecular weight excluding hydrogens is 272 g/mol. The first-order valence-corrected chi connectivity index (χ1v) is 8.16. The Labute approximate surface area is 124 Å². The van der Waals surface area contributed by atoms with E-state index in [9.17, 15) is 4.79 Å². The number of rotatable bonds is 7. The van der Waals surface area contributed by atoms with Gasteiger partial charge in [0, 0.05) is 17.5 Å². The van der Waals surface area contributed by atoms with Gasteiger partial charge in [0.2, 0.25) is 0 Å². The summed E-state index contributed by atoms with van der Waals surface area (Å²) in [5, 5.41) is 2.85. The molecule has 1 fully saturated rings. The molecule has 110 valence electrons. The van der Waals surface area contributed by atoms with Crippen LogP contribution in [0.25, 0.3) is 0 Å². The third-order valence-corrected chi connectivity index (χ3v) is 4.22. The van der Waals surface area contributed by atoms with Gasteiger partial charge in [0.05, 0.1) is 0 Å². The molecule has 0 aromatic heterocycles. The summed E-state index contributed by atoms with van der Waals surface area (Å²) < 4.78 is 5.62. The van der Waals surface area contributed by atoms with Gasteiger partial charge in [0.1, 0.15) is 5.75 Å². The smallest absolute Gasteiger partial charge is 0.260 e. The Morgan fingerprint density at radius 2 is 2.10 bits per heavy atom. The molecule has 1 aliphatic carbocycles. The van der Waals surface area contributed by atoms with Crippen molar-refractivity contribution in [1.29, 1.82) is 0 Å². The van der Waals surface area contributed by atoms with Crippen molar-refractivity contribution in [3.05, 3.63) is 24.3 Å². The molecule has 2 atom stereocenters. The number of amides is 1. The largest absolute Gasteiger partial charge is 0.481 e. The van der Waals surface area contributed by atoms with Crippen molar-refractivity contribution in [2.75, 3.05) is 12.8 Å². The van der Waals surface area contributed by atoms with Gasteiger partial charge >= 0.3 is 0 Å².